The molecule has 4 heteroatoms. The average molecular weight is 240 g/mol. The lowest BCUT2D eigenvalue weighted by Crippen LogP contribution is -2.11. The molecule has 0 aliphatic carbocycles. The summed E-state index contributed by atoms with van der Waals surface area (Å²) in [4.78, 5) is 11.9. The molecule has 3 nitrogen and oxygen atoms in total. The fourth-order valence-electron chi connectivity index (χ4n) is 1.47. The number of carbonyl (C=O) groups excluding carboxylic acids is 1. The Balaban J connectivity index is 2.17. The van der Waals surface area contributed by atoms with Crippen LogP contribution in [-0.2, 0) is 0 Å². The van der Waals surface area contributed by atoms with E-state index in [1.807, 2.05) is 6.07 Å². The molecule has 2 aromatic carbocycles. The van der Waals surface area contributed by atoms with Gasteiger partial charge in [-0.25, -0.2) is 4.39 Å². The number of nitriles is 1. The molecule has 0 atom stereocenters. The van der Waals surface area contributed by atoms with Crippen molar-refractivity contribution in [1.82, 2.24) is 0 Å². The summed E-state index contributed by atoms with van der Waals surface area (Å²) in [5.74, 6) is -0.696. The minimum Gasteiger partial charge on any atom is -0.322 e. The molecule has 0 bridgehead atoms. The van der Waals surface area contributed by atoms with E-state index in [1.165, 1.54) is 30.3 Å². The van der Waals surface area contributed by atoms with E-state index in [1.54, 1.807) is 18.2 Å². The third kappa shape index (κ3) is 2.71. The predicted molar refractivity (Wildman–Crippen MR) is 65.5 cm³/mol. The Kier molecular flexibility index (Phi) is 3.35. The normalized spacial score (nSPS) is 9.56. The molecule has 1 amide bonds. The number of benzene rings is 2. The van der Waals surface area contributed by atoms with Crippen molar-refractivity contribution >= 4 is 11.6 Å². The quantitative estimate of drug-likeness (QED) is 0.877. The molecule has 2 aromatic rings. The Labute approximate surface area is 103 Å². The van der Waals surface area contributed by atoms with Gasteiger partial charge in [0.2, 0.25) is 0 Å². The zero-order valence-electron chi connectivity index (χ0n) is 9.35. The molecule has 0 saturated carbocycles. The monoisotopic (exact) mass is 240 g/mol. The van der Waals surface area contributed by atoms with Crippen LogP contribution in [0, 0.1) is 17.1 Å². The minimum atomic E-state index is -0.362. The van der Waals surface area contributed by atoms with Gasteiger partial charge in [0, 0.05) is 11.3 Å². The molecular formula is C14H9FN2O. The van der Waals surface area contributed by atoms with E-state index in [2.05, 4.69) is 5.32 Å². The van der Waals surface area contributed by atoms with Crippen molar-refractivity contribution in [2.24, 2.45) is 0 Å². The zero-order valence-corrected chi connectivity index (χ0v) is 9.35. The van der Waals surface area contributed by atoms with Crippen molar-refractivity contribution in [3.05, 3.63) is 65.5 Å². The molecule has 0 unspecified atom stereocenters. The molecule has 0 spiro atoms. The first-order chi connectivity index (χ1) is 8.69. The van der Waals surface area contributed by atoms with E-state index in [0.717, 1.165) is 0 Å². The van der Waals surface area contributed by atoms with E-state index in [-0.39, 0.29) is 11.7 Å². The van der Waals surface area contributed by atoms with E-state index in [4.69, 9.17) is 5.26 Å². The van der Waals surface area contributed by atoms with Gasteiger partial charge in [0.05, 0.1) is 11.6 Å². The molecule has 0 aromatic heterocycles. The fourth-order valence-corrected chi connectivity index (χ4v) is 1.47. The number of hydrogen-bond donors (Lipinski definition) is 1. The van der Waals surface area contributed by atoms with Crippen LogP contribution in [0.15, 0.2) is 48.5 Å². The van der Waals surface area contributed by atoms with E-state index in [9.17, 15) is 9.18 Å². The summed E-state index contributed by atoms with van der Waals surface area (Å²) in [7, 11) is 0. The third-order valence-electron chi connectivity index (χ3n) is 2.36. The molecule has 88 valence electrons. The molecule has 1 N–H and O–H groups in total. The van der Waals surface area contributed by atoms with Crippen LogP contribution in [0.4, 0.5) is 10.1 Å². The first-order valence-corrected chi connectivity index (χ1v) is 5.26. The molecule has 18 heavy (non-hydrogen) atoms. The number of amides is 1. The van der Waals surface area contributed by atoms with Crippen molar-refractivity contribution in [1.29, 1.82) is 5.26 Å². The van der Waals surface area contributed by atoms with Crippen molar-refractivity contribution in [2.45, 2.75) is 0 Å². The maximum Gasteiger partial charge on any atom is 0.255 e. The van der Waals surface area contributed by atoms with Gasteiger partial charge < -0.3 is 5.32 Å². The van der Waals surface area contributed by atoms with E-state index in [0.29, 0.717) is 16.8 Å². The molecule has 0 aliphatic heterocycles. The Hall–Kier alpha value is -2.67. The van der Waals surface area contributed by atoms with Crippen LogP contribution < -0.4 is 5.32 Å². The second-order valence-electron chi connectivity index (χ2n) is 3.65. The van der Waals surface area contributed by atoms with Crippen molar-refractivity contribution < 1.29 is 9.18 Å². The van der Waals surface area contributed by atoms with Crippen LogP contribution in [0.1, 0.15) is 15.9 Å². The SMILES string of the molecule is N#Cc1cccc(C(=O)Nc2ccc(F)cc2)c1. The minimum absolute atomic E-state index is 0.335. The number of halogens is 1. The van der Waals surface area contributed by atoms with E-state index < -0.39 is 0 Å². The van der Waals surface area contributed by atoms with Crippen LogP contribution in [-0.4, -0.2) is 5.91 Å². The summed E-state index contributed by atoms with van der Waals surface area (Å²) in [6.07, 6.45) is 0. The molecule has 0 saturated heterocycles. The van der Waals surface area contributed by atoms with Crippen LogP contribution in [0.3, 0.4) is 0 Å². The molecule has 0 fully saturated rings. The third-order valence-corrected chi connectivity index (χ3v) is 2.36. The maximum atomic E-state index is 12.7. The van der Waals surface area contributed by atoms with Gasteiger partial charge in [0.15, 0.2) is 0 Å². The Morgan fingerprint density at radius 2 is 1.89 bits per heavy atom. The first kappa shape index (κ1) is 11.8. The smallest absolute Gasteiger partial charge is 0.255 e. The largest absolute Gasteiger partial charge is 0.322 e. The van der Waals surface area contributed by atoms with Gasteiger partial charge in [-0.1, -0.05) is 6.07 Å². The fraction of sp³-hybridized carbons (Fsp3) is 0. The Morgan fingerprint density at radius 1 is 1.17 bits per heavy atom. The highest BCUT2D eigenvalue weighted by molar-refractivity contribution is 6.04. The molecule has 0 heterocycles. The summed E-state index contributed by atoms with van der Waals surface area (Å²) in [6.45, 7) is 0. The number of anilines is 1. The lowest BCUT2D eigenvalue weighted by atomic mass is 10.1. The van der Waals surface area contributed by atoms with Gasteiger partial charge in [0.1, 0.15) is 5.82 Å². The van der Waals surface area contributed by atoms with Gasteiger partial charge in [-0.3, -0.25) is 4.79 Å². The number of nitrogens with one attached hydrogen (secondary N) is 1. The summed E-state index contributed by atoms with van der Waals surface area (Å²) in [5, 5.41) is 11.4. The standard InChI is InChI=1S/C14H9FN2O/c15-12-4-6-13(7-5-12)17-14(18)11-3-1-2-10(8-11)9-16/h1-8H,(H,17,18). The van der Waals surface area contributed by atoms with Gasteiger partial charge in [-0.2, -0.15) is 5.26 Å². The predicted octanol–water partition coefficient (Wildman–Crippen LogP) is 2.95. The van der Waals surface area contributed by atoms with Crippen molar-refractivity contribution in [3.8, 4) is 6.07 Å². The van der Waals surface area contributed by atoms with Crippen LogP contribution in [0.25, 0.3) is 0 Å². The second kappa shape index (κ2) is 5.11. The Bertz CT molecular complexity index is 614. The zero-order chi connectivity index (χ0) is 13.0. The van der Waals surface area contributed by atoms with Crippen LogP contribution in [0.2, 0.25) is 0 Å². The van der Waals surface area contributed by atoms with E-state index >= 15 is 0 Å². The van der Waals surface area contributed by atoms with Crippen LogP contribution >= 0.6 is 0 Å². The highest BCUT2D eigenvalue weighted by atomic mass is 19.1. The van der Waals surface area contributed by atoms with Gasteiger partial charge in [-0.15, -0.1) is 0 Å². The topological polar surface area (TPSA) is 52.9 Å². The highest BCUT2D eigenvalue weighted by Gasteiger charge is 2.06. The number of hydrogen-bond acceptors (Lipinski definition) is 2. The highest BCUT2D eigenvalue weighted by Crippen LogP contribution is 2.11. The Morgan fingerprint density at radius 3 is 2.56 bits per heavy atom. The maximum absolute atomic E-state index is 12.7. The summed E-state index contributed by atoms with van der Waals surface area (Å²) < 4.78 is 12.7. The second-order valence-corrected chi connectivity index (χ2v) is 3.65. The van der Waals surface area contributed by atoms with Gasteiger partial charge >= 0.3 is 0 Å². The molecular weight excluding hydrogens is 231 g/mol. The number of nitrogens with zero attached hydrogens (tertiary/aromatic N) is 1. The molecule has 0 aliphatic rings. The van der Waals surface area contributed by atoms with Gasteiger partial charge in [0.25, 0.3) is 5.91 Å². The number of rotatable bonds is 2. The lowest BCUT2D eigenvalue weighted by molar-refractivity contribution is 0.102. The lowest BCUT2D eigenvalue weighted by Gasteiger charge is -2.05. The van der Waals surface area contributed by atoms with Crippen LogP contribution in [0.5, 0.6) is 0 Å². The summed E-state index contributed by atoms with van der Waals surface area (Å²) in [6, 6.07) is 13.8. The molecule has 0 radical (unpaired) electrons. The average Bonchev–Trinajstić information content (AvgIpc) is 2.41. The first-order valence-electron chi connectivity index (χ1n) is 5.26. The summed E-state index contributed by atoms with van der Waals surface area (Å²) in [5.41, 5.74) is 1.31. The summed E-state index contributed by atoms with van der Waals surface area (Å²) >= 11 is 0. The van der Waals surface area contributed by atoms with Crippen molar-refractivity contribution in [2.75, 3.05) is 5.32 Å². The number of carbonyl (C=O) groups is 1. The molecule has 2 rings (SSSR count). The van der Waals surface area contributed by atoms with Gasteiger partial charge in [-0.05, 0) is 42.5 Å². The van der Waals surface area contributed by atoms with Crippen molar-refractivity contribution in [3.63, 3.8) is 0 Å².